The van der Waals surface area contributed by atoms with Crippen molar-refractivity contribution in [2.45, 2.75) is 12.8 Å². The summed E-state index contributed by atoms with van der Waals surface area (Å²) in [5.74, 6) is 0.360. The number of carbonyl (C=O) groups excluding carboxylic acids is 1. The summed E-state index contributed by atoms with van der Waals surface area (Å²) in [6.45, 7) is 0.701. The molecule has 1 fully saturated rings. The number of benzene rings is 1. The zero-order valence-electron chi connectivity index (χ0n) is 12.5. The van der Waals surface area contributed by atoms with Gasteiger partial charge in [-0.15, -0.1) is 0 Å². The molecule has 0 aromatic heterocycles. The van der Waals surface area contributed by atoms with E-state index >= 15 is 0 Å². The van der Waals surface area contributed by atoms with E-state index in [2.05, 4.69) is 0 Å². The zero-order chi connectivity index (χ0) is 16.2. The van der Waals surface area contributed by atoms with Gasteiger partial charge in [-0.1, -0.05) is 0 Å². The zero-order valence-corrected chi connectivity index (χ0v) is 13.3. The molecule has 0 bridgehead atoms. The number of halogens is 1. The third-order valence-corrected chi connectivity index (χ3v) is 5.56. The first-order chi connectivity index (χ1) is 10.4. The van der Waals surface area contributed by atoms with Crippen LogP contribution in [0.5, 0.6) is 5.75 Å². The van der Waals surface area contributed by atoms with E-state index in [0.29, 0.717) is 25.3 Å². The van der Waals surface area contributed by atoms with Crippen LogP contribution in [-0.2, 0) is 14.6 Å². The fourth-order valence-electron chi connectivity index (χ4n) is 2.39. The van der Waals surface area contributed by atoms with Crippen LogP contribution in [0.25, 0.3) is 0 Å². The lowest BCUT2D eigenvalue weighted by atomic mass is 10.0. The molecule has 0 N–H and O–H groups in total. The van der Waals surface area contributed by atoms with Crippen molar-refractivity contribution in [3.8, 4) is 5.75 Å². The summed E-state index contributed by atoms with van der Waals surface area (Å²) in [7, 11) is -1.28. The SMILES string of the molecule is CN(CCOc1ccc(F)cc1)C(=O)CC1CCS(=O)(=O)C1. The van der Waals surface area contributed by atoms with Crippen LogP contribution in [0.4, 0.5) is 4.39 Å². The van der Waals surface area contributed by atoms with Crippen molar-refractivity contribution in [2.75, 3.05) is 31.7 Å². The molecule has 1 amide bonds. The molecule has 22 heavy (non-hydrogen) atoms. The van der Waals surface area contributed by atoms with Gasteiger partial charge in [-0.25, -0.2) is 12.8 Å². The fraction of sp³-hybridized carbons (Fsp3) is 0.533. The van der Waals surface area contributed by atoms with Crippen molar-refractivity contribution >= 4 is 15.7 Å². The van der Waals surface area contributed by atoms with E-state index in [1.165, 1.54) is 29.2 Å². The summed E-state index contributed by atoms with van der Waals surface area (Å²) in [6.07, 6.45) is 0.820. The Morgan fingerprint density at radius 1 is 1.36 bits per heavy atom. The molecule has 1 atom stereocenters. The van der Waals surface area contributed by atoms with E-state index in [4.69, 9.17) is 4.74 Å². The van der Waals surface area contributed by atoms with E-state index in [-0.39, 0.29) is 35.6 Å². The van der Waals surface area contributed by atoms with Crippen molar-refractivity contribution < 1.29 is 22.3 Å². The maximum absolute atomic E-state index is 12.7. The standard InChI is InChI=1S/C15H20FNO4S/c1-17(7-8-21-14-4-2-13(16)3-5-14)15(18)10-12-6-9-22(19,20)11-12/h2-5,12H,6-11H2,1H3. The average molecular weight is 329 g/mol. The Bertz CT molecular complexity index is 615. The van der Waals surface area contributed by atoms with Crippen molar-refractivity contribution in [3.05, 3.63) is 30.1 Å². The van der Waals surface area contributed by atoms with Gasteiger partial charge in [-0.05, 0) is 36.6 Å². The fourth-order valence-corrected chi connectivity index (χ4v) is 4.25. The summed E-state index contributed by atoms with van der Waals surface area (Å²) < 4.78 is 40.9. The van der Waals surface area contributed by atoms with E-state index in [1.54, 1.807) is 7.05 Å². The molecular formula is C15H20FNO4S. The minimum absolute atomic E-state index is 0.0713. The number of carbonyl (C=O) groups is 1. The second-order valence-electron chi connectivity index (χ2n) is 5.59. The summed E-state index contributed by atoms with van der Waals surface area (Å²) >= 11 is 0. The third kappa shape index (κ3) is 4.98. The molecular weight excluding hydrogens is 309 g/mol. The maximum Gasteiger partial charge on any atom is 0.222 e. The summed E-state index contributed by atoms with van der Waals surface area (Å²) in [5.41, 5.74) is 0. The molecule has 1 aliphatic rings. The van der Waals surface area contributed by atoms with Crippen molar-refractivity contribution in [1.82, 2.24) is 4.90 Å². The van der Waals surface area contributed by atoms with Crippen LogP contribution in [0.15, 0.2) is 24.3 Å². The van der Waals surface area contributed by atoms with Crippen LogP contribution in [0.2, 0.25) is 0 Å². The Labute approximate surface area is 130 Å². The van der Waals surface area contributed by atoms with Crippen molar-refractivity contribution in [1.29, 1.82) is 0 Å². The van der Waals surface area contributed by atoms with Gasteiger partial charge in [0.1, 0.15) is 18.2 Å². The largest absolute Gasteiger partial charge is 0.492 e. The number of hydrogen-bond acceptors (Lipinski definition) is 4. The van der Waals surface area contributed by atoms with Gasteiger partial charge in [-0.2, -0.15) is 0 Å². The van der Waals surface area contributed by atoms with Gasteiger partial charge < -0.3 is 9.64 Å². The number of nitrogens with zero attached hydrogens (tertiary/aromatic N) is 1. The van der Waals surface area contributed by atoms with E-state index < -0.39 is 9.84 Å². The smallest absolute Gasteiger partial charge is 0.222 e. The number of ether oxygens (including phenoxy) is 1. The molecule has 0 saturated carbocycles. The first-order valence-corrected chi connectivity index (χ1v) is 9.00. The Morgan fingerprint density at radius 3 is 2.64 bits per heavy atom. The second-order valence-corrected chi connectivity index (χ2v) is 7.82. The van der Waals surface area contributed by atoms with Crippen LogP contribution < -0.4 is 4.74 Å². The summed E-state index contributed by atoms with van der Waals surface area (Å²) in [4.78, 5) is 13.6. The summed E-state index contributed by atoms with van der Waals surface area (Å²) in [5, 5.41) is 0. The first kappa shape index (κ1) is 16.7. The molecule has 0 aliphatic carbocycles. The number of amides is 1. The monoisotopic (exact) mass is 329 g/mol. The van der Waals surface area contributed by atoms with Gasteiger partial charge >= 0.3 is 0 Å². The van der Waals surface area contributed by atoms with Crippen LogP contribution in [-0.4, -0.2) is 50.9 Å². The highest BCUT2D eigenvalue weighted by Crippen LogP contribution is 2.22. The Hall–Kier alpha value is -1.63. The molecule has 1 aliphatic heterocycles. The lowest BCUT2D eigenvalue weighted by molar-refractivity contribution is -0.131. The van der Waals surface area contributed by atoms with Gasteiger partial charge in [-0.3, -0.25) is 4.79 Å². The molecule has 7 heteroatoms. The topological polar surface area (TPSA) is 63.7 Å². The Balaban J connectivity index is 1.71. The van der Waals surface area contributed by atoms with E-state index in [0.717, 1.165) is 0 Å². The van der Waals surface area contributed by atoms with Crippen LogP contribution >= 0.6 is 0 Å². The highest BCUT2D eigenvalue weighted by molar-refractivity contribution is 7.91. The maximum atomic E-state index is 12.7. The quantitative estimate of drug-likeness (QED) is 0.793. The predicted molar refractivity (Wildman–Crippen MR) is 80.9 cm³/mol. The molecule has 1 aromatic rings. The predicted octanol–water partition coefficient (Wildman–Crippen LogP) is 1.49. The number of sulfone groups is 1. The van der Waals surface area contributed by atoms with Crippen molar-refractivity contribution in [2.24, 2.45) is 5.92 Å². The second kappa shape index (κ2) is 7.09. The third-order valence-electron chi connectivity index (χ3n) is 3.72. The van der Waals surface area contributed by atoms with Crippen LogP contribution in [0.3, 0.4) is 0 Å². The molecule has 122 valence electrons. The number of rotatable bonds is 6. The summed E-state index contributed by atoms with van der Waals surface area (Å²) in [6, 6.07) is 5.68. The lowest BCUT2D eigenvalue weighted by Gasteiger charge is -2.19. The van der Waals surface area contributed by atoms with E-state index in [9.17, 15) is 17.6 Å². The molecule has 5 nitrogen and oxygen atoms in total. The molecule has 1 heterocycles. The highest BCUT2D eigenvalue weighted by atomic mass is 32.2. The molecule has 0 spiro atoms. The Morgan fingerprint density at radius 2 is 2.05 bits per heavy atom. The van der Waals surface area contributed by atoms with Crippen LogP contribution in [0.1, 0.15) is 12.8 Å². The lowest BCUT2D eigenvalue weighted by Crippen LogP contribution is -2.32. The van der Waals surface area contributed by atoms with Gasteiger partial charge in [0.25, 0.3) is 0 Å². The molecule has 0 radical (unpaired) electrons. The normalized spacial score (nSPS) is 19.8. The number of hydrogen-bond donors (Lipinski definition) is 0. The van der Waals surface area contributed by atoms with Gasteiger partial charge in [0.05, 0.1) is 18.1 Å². The molecule has 1 unspecified atom stereocenters. The Kier molecular flexibility index (Phi) is 5.39. The first-order valence-electron chi connectivity index (χ1n) is 7.18. The molecule has 1 aromatic carbocycles. The average Bonchev–Trinajstić information content (AvgIpc) is 2.80. The van der Waals surface area contributed by atoms with E-state index in [1.807, 2.05) is 0 Å². The molecule has 2 rings (SSSR count). The van der Waals surface area contributed by atoms with Crippen LogP contribution in [0, 0.1) is 11.7 Å². The number of likely N-dealkylation sites (N-methyl/N-ethyl adjacent to an activating group) is 1. The minimum Gasteiger partial charge on any atom is -0.492 e. The molecule has 1 saturated heterocycles. The van der Waals surface area contributed by atoms with Gasteiger partial charge in [0, 0.05) is 13.5 Å². The van der Waals surface area contributed by atoms with Crippen molar-refractivity contribution in [3.63, 3.8) is 0 Å². The highest BCUT2D eigenvalue weighted by Gasteiger charge is 2.30. The van der Waals surface area contributed by atoms with Gasteiger partial charge in [0.15, 0.2) is 9.84 Å². The van der Waals surface area contributed by atoms with Gasteiger partial charge in [0.2, 0.25) is 5.91 Å². The minimum atomic E-state index is -2.95.